The van der Waals surface area contributed by atoms with Crippen LogP contribution in [0.15, 0.2) is 71.8 Å². The van der Waals surface area contributed by atoms with Crippen LogP contribution in [0.2, 0.25) is 0 Å². The first kappa shape index (κ1) is 19.9. The molecule has 148 valence electrons. The number of halogens is 1. The van der Waals surface area contributed by atoms with Crippen LogP contribution < -0.4 is 16.2 Å². The van der Waals surface area contributed by atoms with Gasteiger partial charge in [-0.3, -0.25) is 19.4 Å². The van der Waals surface area contributed by atoms with Crippen molar-refractivity contribution in [2.75, 3.05) is 5.32 Å². The van der Waals surface area contributed by atoms with Crippen LogP contribution in [-0.4, -0.2) is 21.4 Å². The van der Waals surface area contributed by atoms with Gasteiger partial charge in [0.05, 0.1) is 17.3 Å². The van der Waals surface area contributed by atoms with Crippen LogP contribution in [-0.2, 0) is 11.3 Å². The summed E-state index contributed by atoms with van der Waals surface area (Å²) in [5.41, 5.74) is 0.889. The highest BCUT2D eigenvalue weighted by atomic mass is 19.1. The molecule has 0 aliphatic rings. The highest BCUT2D eigenvalue weighted by Gasteiger charge is 2.13. The lowest BCUT2D eigenvalue weighted by Crippen LogP contribution is -2.34. The second-order valence-electron chi connectivity index (χ2n) is 6.39. The molecule has 2 heterocycles. The standard InChI is InChI=1S/C21H19FN4O3/c1-14(18-4-2-3-11-23-18)24-19(27)13-26-12-15(5-10-20(26)28)21(29)25-17-8-6-16(22)7-9-17/h2-12,14H,13H2,1H3,(H,24,27)(H,25,29)/t14-/m0/s1. The highest BCUT2D eigenvalue weighted by Crippen LogP contribution is 2.10. The van der Waals surface area contributed by atoms with Crippen LogP contribution >= 0.6 is 0 Å². The molecule has 0 radical (unpaired) electrons. The third-order valence-electron chi connectivity index (χ3n) is 4.17. The number of nitrogens with zero attached hydrogens (tertiary/aromatic N) is 2. The topological polar surface area (TPSA) is 93.1 Å². The van der Waals surface area contributed by atoms with Crippen molar-refractivity contribution >= 4 is 17.5 Å². The molecular formula is C21H19FN4O3. The molecule has 1 atom stereocenters. The zero-order valence-electron chi connectivity index (χ0n) is 15.6. The summed E-state index contributed by atoms with van der Waals surface area (Å²) in [5, 5.41) is 5.38. The van der Waals surface area contributed by atoms with E-state index in [0.717, 1.165) is 4.57 Å². The number of benzene rings is 1. The monoisotopic (exact) mass is 394 g/mol. The van der Waals surface area contributed by atoms with Crippen molar-refractivity contribution in [3.8, 4) is 0 Å². The predicted octanol–water partition coefficient (Wildman–Crippen LogP) is 2.51. The van der Waals surface area contributed by atoms with E-state index >= 15 is 0 Å². The molecule has 2 aromatic heterocycles. The lowest BCUT2D eigenvalue weighted by Gasteiger charge is -2.14. The van der Waals surface area contributed by atoms with Crippen molar-refractivity contribution in [1.29, 1.82) is 0 Å². The first-order valence-electron chi connectivity index (χ1n) is 8.90. The van der Waals surface area contributed by atoms with Gasteiger partial charge in [0.2, 0.25) is 5.91 Å². The maximum absolute atomic E-state index is 13.0. The molecule has 3 aromatic rings. The Morgan fingerprint density at radius 3 is 2.55 bits per heavy atom. The minimum absolute atomic E-state index is 0.194. The van der Waals surface area contributed by atoms with Gasteiger partial charge in [-0.1, -0.05) is 6.07 Å². The van der Waals surface area contributed by atoms with E-state index in [1.165, 1.54) is 42.6 Å². The number of rotatable bonds is 6. The van der Waals surface area contributed by atoms with E-state index in [1.807, 2.05) is 6.07 Å². The van der Waals surface area contributed by atoms with E-state index < -0.39 is 17.3 Å². The molecule has 0 fully saturated rings. The smallest absolute Gasteiger partial charge is 0.257 e. The molecule has 2 N–H and O–H groups in total. The van der Waals surface area contributed by atoms with E-state index in [0.29, 0.717) is 11.4 Å². The molecule has 0 aliphatic heterocycles. The Bertz CT molecular complexity index is 1070. The van der Waals surface area contributed by atoms with Crippen LogP contribution in [0.4, 0.5) is 10.1 Å². The van der Waals surface area contributed by atoms with Gasteiger partial charge in [-0.25, -0.2) is 4.39 Å². The number of carbonyl (C=O) groups excluding carboxylic acids is 2. The van der Waals surface area contributed by atoms with Gasteiger partial charge in [0, 0.05) is 24.1 Å². The first-order valence-corrected chi connectivity index (χ1v) is 8.90. The zero-order valence-corrected chi connectivity index (χ0v) is 15.6. The van der Waals surface area contributed by atoms with Crippen molar-refractivity contribution in [3.05, 3.63) is 94.4 Å². The van der Waals surface area contributed by atoms with Gasteiger partial charge in [0.25, 0.3) is 11.5 Å². The number of nitrogens with one attached hydrogen (secondary N) is 2. The summed E-state index contributed by atoms with van der Waals surface area (Å²) in [4.78, 5) is 41.0. The lowest BCUT2D eigenvalue weighted by molar-refractivity contribution is -0.122. The van der Waals surface area contributed by atoms with Crippen LogP contribution in [0.5, 0.6) is 0 Å². The fraction of sp³-hybridized carbons (Fsp3) is 0.143. The number of hydrogen-bond acceptors (Lipinski definition) is 4. The van der Waals surface area contributed by atoms with Gasteiger partial charge in [0.1, 0.15) is 12.4 Å². The van der Waals surface area contributed by atoms with E-state index in [2.05, 4.69) is 15.6 Å². The van der Waals surface area contributed by atoms with Crippen molar-refractivity contribution in [1.82, 2.24) is 14.9 Å². The van der Waals surface area contributed by atoms with Gasteiger partial charge < -0.3 is 15.2 Å². The summed E-state index contributed by atoms with van der Waals surface area (Å²) in [7, 11) is 0. The predicted molar refractivity (Wildman–Crippen MR) is 106 cm³/mol. The number of carbonyl (C=O) groups is 2. The molecule has 0 saturated carbocycles. The van der Waals surface area contributed by atoms with Crippen LogP contribution in [0.3, 0.4) is 0 Å². The van der Waals surface area contributed by atoms with Gasteiger partial charge in [-0.2, -0.15) is 0 Å². The number of anilines is 1. The Kier molecular flexibility index (Phi) is 6.13. The van der Waals surface area contributed by atoms with E-state index in [9.17, 15) is 18.8 Å². The Hall–Kier alpha value is -3.81. The Morgan fingerprint density at radius 1 is 1.10 bits per heavy atom. The number of amides is 2. The Balaban J connectivity index is 1.68. The van der Waals surface area contributed by atoms with Crippen molar-refractivity contribution in [2.45, 2.75) is 19.5 Å². The van der Waals surface area contributed by atoms with Gasteiger partial charge in [-0.05, 0) is 49.4 Å². The molecular weight excluding hydrogens is 375 g/mol. The fourth-order valence-electron chi connectivity index (χ4n) is 2.67. The summed E-state index contributed by atoms with van der Waals surface area (Å²) >= 11 is 0. The SMILES string of the molecule is C[C@H](NC(=O)Cn1cc(C(=O)Nc2ccc(F)cc2)ccc1=O)c1ccccn1. The van der Waals surface area contributed by atoms with Gasteiger partial charge in [0.15, 0.2) is 0 Å². The molecule has 0 saturated heterocycles. The molecule has 0 unspecified atom stereocenters. The third kappa shape index (κ3) is 5.35. The third-order valence-corrected chi connectivity index (χ3v) is 4.17. The van der Waals surface area contributed by atoms with Gasteiger partial charge >= 0.3 is 0 Å². The second kappa shape index (κ2) is 8.92. The Morgan fingerprint density at radius 2 is 1.86 bits per heavy atom. The van der Waals surface area contributed by atoms with E-state index in [1.54, 1.807) is 25.3 Å². The minimum atomic E-state index is -0.479. The Labute approximate surface area is 166 Å². The van der Waals surface area contributed by atoms with Gasteiger partial charge in [-0.15, -0.1) is 0 Å². The van der Waals surface area contributed by atoms with Crippen molar-refractivity contribution in [2.24, 2.45) is 0 Å². The van der Waals surface area contributed by atoms with Crippen molar-refractivity contribution in [3.63, 3.8) is 0 Å². The minimum Gasteiger partial charge on any atom is -0.346 e. The fourth-order valence-corrected chi connectivity index (χ4v) is 2.67. The molecule has 3 rings (SSSR count). The van der Waals surface area contributed by atoms with Crippen LogP contribution in [0.25, 0.3) is 0 Å². The second-order valence-corrected chi connectivity index (χ2v) is 6.39. The summed E-state index contributed by atoms with van der Waals surface area (Å²) < 4.78 is 14.1. The average Bonchev–Trinajstić information content (AvgIpc) is 2.72. The molecule has 1 aromatic carbocycles. The zero-order chi connectivity index (χ0) is 20.8. The molecule has 29 heavy (non-hydrogen) atoms. The average molecular weight is 394 g/mol. The normalized spacial score (nSPS) is 11.5. The molecule has 0 spiro atoms. The molecule has 2 amide bonds. The number of pyridine rings is 2. The van der Waals surface area contributed by atoms with Crippen LogP contribution in [0, 0.1) is 5.82 Å². The largest absolute Gasteiger partial charge is 0.346 e. The summed E-state index contributed by atoms with van der Waals surface area (Å²) in [6.07, 6.45) is 2.94. The summed E-state index contributed by atoms with van der Waals surface area (Å²) in [6, 6.07) is 12.9. The summed E-state index contributed by atoms with van der Waals surface area (Å²) in [5.74, 6) is -1.28. The maximum Gasteiger partial charge on any atom is 0.257 e. The number of hydrogen-bond donors (Lipinski definition) is 2. The first-order chi connectivity index (χ1) is 13.9. The van der Waals surface area contributed by atoms with E-state index in [4.69, 9.17) is 0 Å². The van der Waals surface area contributed by atoms with E-state index in [-0.39, 0.29) is 24.1 Å². The molecule has 7 nitrogen and oxygen atoms in total. The molecule has 0 bridgehead atoms. The lowest BCUT2D eigenvalue weighted by atomic mass is 10.2. The van der Waals surface area contributed by atoms with Crippen molar-refractivity contribution < 1.29 is 14.0 Å². The van der Waals surface area contributed by atoms with Crippen LogP contribution in [0.1, 0.15) is 29.0 Å². The quantitative estimate of drug-likeness (QED) is 0.672. The summed E-state index contributed by atoms with van der Waals surface area (Å²) in [6.45, 7) is 1.54. The maximum atomic E-state index is 13.0. The number of aromatic nitrogens is 2. The molecule has 0 aliphatic carbocycles. The highest BCUT2D eigenvalue weighted by molar-refractivity contribution is 6.04. The molecule has 8 heteroatoms.